The standard InChI is InChI=1S/C24H21ClN4O2S/c25-19-3-1-16(2-4-19)21(29-11-7-23-18(15-29)8-12-32-23)14-27-24(30)20-13-22(31-28-20)17-5-9-26-10-6-17/h1-6,8-10,12-13,21H,7,11,14-15H2,(H,27,30). The first-order valence-electron chi connectivity index (χ1n) is 10.4. The number of nitrogens with one attached hydrogen (secondary N) is 1. The van der Waals surface area contributed by atoms with Crippen molar-refractivity contribution in [3.05, 3.63) is 93.0 Å². The predicted molar refractivity (Wildman–Crippen MR) is 125 cm³/mol. The maximum atomic E-state index is 12.8. The molecule has 0 saturated carbocycles. The van der Waals surface area contributed by atoms with Gasteiger partial charge in [0, 0.05) is 53.6 Å². The van der Waals surface area contributed by atoms with Crippen LogP contribution in [0.3, 0.4) is 0 Å². The maximum absolute atomic E-state index is 12.8. The van der Waals surface area contributed by atoms with Gasteiger partial charge < -0.3 is 9.84 Å². The summed E-state index contributed by atoms with van der Waals surface area (Å²) in [5.41, 5.74) is 3.56. The molecule has 0 spiro atoms. The molecule has 0 bridgehead atoms. The Morgan fingerprint density at radius 1 is 1.19 bits per heavy atom. The van der Waals surface area contributed by atoms with Gasteiger partial charge in [-0.1, -0.05) is 28.9 Å². The highest BCUT2D eigenvalue weighted by atomic mass is 35.5. The van der Waals surface area contributed by atoms with Gasteiger partial charge in [0.1, 0.15) is 0 Å². The molecular weight excluding hydrogens is 444 g/mol. The number of nitrogens with zero attached hydrogens (tertiary/aromatic N) is 3. The zero-order valence-corrected chi connectivity index (χ0v) is 18.8. The van der Waals surface area contributed by atoms with Gasteiger partial charge in [-0.3, -0.25) is 14.7 Å². The highest BCUT2D eigenvalue weighted by Gasteiger charge is 2.26. The summed E-state index contributed by atoms with van der Waals surface area (Å²) >= 11 is 7.93. The second-order valence-corrected chi connectivity index (χ2v) is 9.12. The number of carbonyl (C=O) groups excluding carboxylic acids is 1. The molecule has 0 fully saturated rings. The lowest BCUT2D eigenvalue weighted by Gasteiger charge is -2.35. The van der Waals surface area contributed by atoms with Gasteiger partial charge in [0.15, 0.2) is 11.5 Å². The molecule has 5 rings (SSSR count). The van der Waals surface area contributed by atoms with Crippen LogP contribution >= 0.6 is 22.9 Å². The second kappa shape index (κ2) is 9.24. The van der Waals surface area contributed by atoms with Gasteiger partial charge in [-0.15, -0.1) is 11.3 Å². The predicted octanol–water partition coefficient (Wildman–Crippen LogP) is 4.98. The van der Waals surface area contributed by atoms with Crippen molar-refractivity contribution in [3.63, 3.8) is 0 Å². The minimum absolute atomic E-state index is 0.0239. The third-order valence-corrected chi connectivity index (χ3v) is 6.97. The van der Waals surface area contributed by atoms with E-state index in [1.54, 1.807) is 18.5 Å². The molecule has 1 aromatic carbocycles. The molecule has 1 unspecified atom stereocenters. The SMILES string of the molecule is O=C(NCC(c1ccc(Cl)cc1)N1CCc2sccc2C1)c1cc(-c2ccncc2)on1. The van der Waals surface area contributed by atoms with E-state index < -0.39 is 0 Å². The summed E-state index contributed by atoms with van der Waals surface area (Å²) in [6.45, 7) is 2.25. The van der Waals surface area contributed by atoms with Crippen molar-refractivity contribution in [2.75, 3.05) is 13.1 Å². The second-order valence-electron chi connectivity index (χ2n) is 7.68. The molecule has 0 saturated heterocycles. The highest BCUT2D eigenvalue weighted by molar-refractivity contribution is 7.10. The number of halogens is 1. The number of hydrogen-bond acceptors (Lipinski definition) is 6. The van der Waals surface area contributed by atoms with E-state index in [1.807, 2.05) is 47.7 Å². The first-order valence-corrected chi connectivity index (χ1v) is 11.6. The van der Waals surface area contributed by atoms with Crippen molar-refractivity contribution in [2.24, 2.45) is 0 Å². The molecule has 0 radical (unpaired) electrons. The third-order valence-electron chi connectivity index (χ3n) is 5.70. The van der Waals surface area contributed by atoms with Gasteiger partial charge in [-0.05, 0) is 53.3 Å². The largest absolute Gasteiger partial charge is 0.355 e. The van der Waals surface area contributed by atoms with Crippen LogP contribution in [0.25, 0.3) is 11.3 Å². The van der Waals surface area contributed by atoms with Crippen molar-refractivity contribution < 1.29 is 9.32 Å². The fourth-order valence-electron chi connectivity index (χ4n) is 3.99. The average Bonchev–Trinajstić information content (AvgIpc) is 3.50. The molecular formula is C24H21ClN4O2S. The average molecular weight is 465 g/mol. The first kappa shape index (κ1) is 20.9. The Balaban J connectivity index is 1.32. The van der Waals surface area contributed by atoms with Crippen molar-refractivity contribution >= 4 is 28.8 Å². The number of aromatic nitrogens is 2. The van der Waals surface area contributed by atoms with E-state index in [-0.39, 0.29) is 17.6 Å². The fraction of sp³-hybridized carbons (Fsp3) is 0.208. The molecule has 3 aromatic heterocycles. The zero-order valence-electron chi connectivity index (χ0n) is 17.2. The van der Waals surface area contributed by atoms with Gasteiger partial charge in [0.25, 0.3) is 5.91 Å². The third kappa shape index (κ3) is 4.46. The van der Waals surface area contributed by atoms with Crippen LogP contribution in [0.5, 0.6) is 0 Å². The van der Waals surface area contributed by atoms with Gasteiger partial charge in [-0.2, -0.15) is 0 Å². The molecule has 32 heavy (non-hydrogen) atoms. The van der Waals surface area contributed by atoms with Crippen molar-refractivity contribution in [1.82, 2.24) is 20.4 Å². The van der Waals surface area contributed by atoms with E-state index in [0.717, 1.165) is 30.6 Å². The topological polar surface area (TPSA) is 71.3 Å². The molecule has 1 aliphatic rings. The van der Waals surface area contributed by atoms with E-state index in [2.05, 4.69) is 31.8 Å². The summed E-state index contributed by atoms with van der Waals surface area (Å²) in [6, 6.07) is 15.3. The van der Waals surface area contributed by atoms with Crippen LogP contribution in [0.1, 0.15) is 32.5 Å². The van der Waals surface area contributed by atoms with E-state index in [1.165, 1.54) is 10.4 Å². The summed E-state index contributed by atoms with van der Waals surface area (Å²) < 4.78 is 5.36. The van der Waals surface area contributed by atoms with Gasteiger partial charge >= 0.3 is 0 Å². The van der Waals surface area contributed by atoms with E-state index in [9.17, 15) is 4.79 Å². The molecule has 4 aromatic rings. The summed E-state index contributed by atoms with van der Waals surface area (Å²) in [5.74, 6) is 0.272. The Labute approximate surface area is 194 Å². The van der Waals surface area contributed by atoms with Gasteiger partial charge in [0.05, 0.1) is 6.04 Å². The molecule has 1 N–H and O–H groups in total. The van der Waals surface area contributed by atoms with Gasteiger partial charge in [-0.25, -0.2) is 0 Å². The smallest absolute Gasteiger partial charge is 0.273 e. The number of fused-ring (bicyclic) bond motifs is 1. The molecule has 4 heterocycles. The minimum Gasteiger partial charge on any atom is -0.355 e. The molecule has 0 aliphatic carbocycles. The lowest BCUT2D eigenvalue weighted by atomic mass is 10.0. The van der Waals surface area contributed by atoms with Crippen LogP contribution < -0.4 is 5.32 Å². The summed E-state index contributed by atoms with van der Waals surface area (Å²) in [5, 5.41) is 9.85. The number of pyridine rings is 1. The zero-order chi connectivity index (χ0) is 21.9. The lowest BCUT2D eigenvalue weighted by Crippen LogP contribution is -2.40. The van der Waals surface area contributed by atoms with Crippen LogP contribution in [-0.4, -0.2) is 34.0 Å². The van der Waals surface area contributed by atoms with Crippen LogP contribution in [-0.2, 0) is 13.0 Å². The van der Waals surface area contributed by atoms with E-state index in [0.29, 0.717) is 17.3 Å². The van der Waals surface area contributed by atoms with Crippen molar-refractivity contribution in [3.8, 4) is 11.3 Å². The minimum atomic E-state index is -0.263. The highest BCUT2D eigenvalue weighted by Crippen LogP contribution is 2.31. The number of amides is 1. The Bertz CT molecular complexity index is 1210. The Kier molecular flexibility index (Phi) is 6.03. The number of benzene rings is 1. The molecule has 6 nitrogen and oxygen atoms in total. The Morgan fingerprint density at radius 3 is 2.81 bits per heavy atom. The lowest BCUT2D eigenvalue weighted by molar-refractivity contribution is 0.0919. The first-order chi connectivity index (χ1) is 15.7. The van der Waals surface area contributed by atoms with E-state index in [4.69, 9.17) is 16.1 Å². The summed E-state index contributed by atoms with van der Waals surface area (Å²) in [6.07, 6.45) is 4.36. The van der Waals surface area contributed by atoms with Crippen molar-refractivity contribution in [1.29, 1.82) is 0 Å². The van der Waals surface area contributed by atoms with Crippen LogP contribution in [0, 0.1) is 0 Å². The monoisotopic (exact) mass is 464 g/mol. The number of thiophene rings is 1. The Hall–Kier alpha value is -3.00. The molecule has 1 atom stereocenters. The quantitative estimate of drug-likeness (QED) is 0.435. The summed E-state index contributed by atoms with van der Waals surface area (Å²) in [7, 11) is 0. The van der Waals surface area contributed by atoms with Crippen LogP contribution in [0.2, 0.25) is 5.02 Å². The van der Waals surface area contributed by atoms with Gasteiger partial charge in [0.2, 0.25) is 0 Å². The summed E-state index contributed by atoms with van der Waals surface area (Å²) in [4.78, 5) is 20.7. The molecule has 1 aliphatic heterocycles. The Morgan fingerprint density at radius 2 is 2.00 bits per heavy atom. The van der Waals surface area contributed by atoms with Crippen molar-refractivity contribution in [2.45, 2.75) is 19.0 Å². The van der Waals surface area contributed by atoms with Crippen LogP contribution in [0.15, 0.2) is 70.8 Å². The van der Waals surface area contributed by atoms with Crippen LogP contribution in [0.4, 0.5) is 0 Å². The fourth-order valence-corrected chi connectivity index (χ4v) is 5.01. The maximum Gasteiger partial charge on any atom is 0.273 e. The molecule has 8 heteroatoms. The number of hydrogen-bond donors (Lipinski definition) is 1. The normalized spacial score (nSPS) is 14.7. The van der Waals surface area contributed by atoms with E-state index >= 15 is 0 Å². The number of carbonyl (C=O) groups is 1. The molecule has 1 amide bonds. The number of rotatable bonds is 6. The molecule has 162 valence electrons.